The van der Waals surface area contributed by atoms with Crippen LogP contribution in [0.25, 0.3) is 0 Å². The van der Waals surface area contributed by atoms with Crippen molar-refractivity contribution in [2.75, 3.05) is 17.7 Å². The summed E-state index contributed by atoms with van der Waals surface area (Å²) in [6.07, 6.45) is 0. The molecule has 1 aromatic heterocycles. The number of benzene rings is 1. The van der Waals surface area contributed by atoms with Crippen molar-refractivity contribution in [3.63, 3.8) is 0 Å². The minimum atomic E-state index is -0.267. The predicted molar refractivity (Wildman–Crippen MR) is 91.4 cm³/mol. The quantitative estimate of drug-likeness (QED) is 0.738. The van der Waals surface area contributed by atoms with Gasteiger partial charge in [-0.05, 0) is 58.8 Å². The van der Waals surface area contributed by atoms with E-state index in [4.69, 9.17) is 10.5 Å². The lowest BCUT2D eigenvalue weighted by molar-refractivity contribution is 0.263. The molecule has 0 unspecified atom stereocenters. The van der Waals surface area contributed by atoms with Gasteiger partial charge in [0.05, 0.1) is 18.0 Å². The number of nitrogen functional groups attached to an aromatic ring is 1. The number of nitrogens with zero attached hydrogens (tertiary/aromatic N) is 1. The fourth-order valence-corrected chi connectivity index (χ4v) is 2.22. The maximum Gasteiger partial charge on any atom is 0.239 e. The topological polar surface area (TPSA) is 60.2 Å². The van der Waals surface area contributed by atoms with Gasteiger partial charge < -0.3 is 15.8 Å². The average Bonchev–Trinajstić information content (AvgIpc) is 2.42. The van der Waals surface area contributed by atoms with Crippen LogP contribution in [0.15, 0.2) is 30.3 Å². The summed E-state index contributed by atoms with van der Waals surface area (Å²) in [4.78, 5) is 4.35. The zero-order chi connectivity index (χ0) is 15.4. The molecule has 0 spiro atoms. The van der Waals surface area contributed by atoms with Crippen molar-refractivity contribution < 1.29 is 9.13 Å². The second-order valence-electron chi connectivity index (χ2n) is 5.04. The minimum absolute atomic E-state index is 0.267. The number of halogens is 2. The molecular weight excluding hydrogens is 384 g/mol. The van der Waals surface area contributed by atoms with Gasteiger partial charge in [0.25, 0.3) is 0 Å². The molecule has 0 saturated carbocycles. The van der Waals surface area contributed by atoms with E-state index in [1.54, 1.807) is 18.2 Å². The fraction of sp³-hybridized carbons (Fsp3) is 0.267. The number of anilines is 3. The van der Waals surface area contributed by atoms with Gasteiger partial charge in [-0.2, -0.15) is 4.98 Å². The number of aromatic nitrogens is 1. The maximum atomic E-state index is 13.1. The molecule has 0 saturated heterocycles. The second kappa shape index (κ2) is 6.93. The van der Waals surface area contributed by atoms with Crippen LogP contribution in [0.5, 0.6) is 5.88 Å². The highest BCUT2D eigenvalue weighted by Gasteiger charge is 2.08. The second-order valence-corrected chi connectivity index (χ2v) is 6.21. The molecular formula is C15H17FIN3O. The van der Waals surface area contributed by atoms with E-state index < -0.39 is 0 Å². The zero-order valence-electron chi connectivity index (χ0n) is 11.9. The molecule has 0 aliphatic rings. The zero-order valence-corrected chi connectivity index (χ0v) is 14.0. The van der Waals surface area contributed by atoms with E-state index in [0.717, 1.165) is 9.26 Å². The highest BCUT2D eigenvalue weighted by Crippen LogP contribution is 2.26. The lowest BCUT2D eigenvalue weighted by Gasteiger charge is -2.13. The van der Waals surface area contributed by atoms with Crippen LogP contribution >= 0.6 is 22.6 Å². The van der Waals surface area contributed by atoms with E-state index in [1.807, 2.05) is 0 Å². The van der Waals surface area contributed by atoms with Crippen molar-refractivity contribution in [2.45, 2.75) is 13.8 Å². The third kappa shape index (κ3) is 4.45. The summed E-state index contributed by atoms with van der Waals surface area (Å²) in [6.45, 7) is 4.66. The normalized spacial score (nSPS) is 10.7. The van der Waals surface area contributed by atoms with E-state index in [9.17, 15) is 4.39 Å². The van der Waals surface area contributed by atoms with Crippen LogP contribution in [-0.2, 0) is 0 Å². The number of pyridine rings is 1. The van der Waals surface area contributed by atoms with E-state index in [2.05, 4.69) is 46.7 Å². The maximum absolute atomic E-state index is 13.1. The Morgan fingerprint density at radius 1 is 1.33 bits per heavy atom. The van der Waals surface area contributed by atoms with Crippen LogP contribution in [0.4, 0.5) is 21.6 Å². The summed E-state index contributed by atoms with van der Waals surface area (Å²) in [6, 6.07) is 8.02. The van der Waals surface area contributed by atoms with E-state index in [0.29, 0.717) is 29.9 Å². The first-order valence-electron chi connectivity index (χ1n) is 6.57. The van der Waals surface area contributed by atoms with E-state index >= 15 is 0 Å². The molecule has 0 amide bonds. The Hall–Kier alpha value is -1.57. The van der Waals surface area contributed by atoms with Crippen molar-refractivity contribution in [3.8, 4) is 5.88 Å². The molecule has 2 rings (SSSR count). The van der Waals surface area contributed by atoms with Gasteiger partial charge in [-0.3, -0.25) is 0 Å². The highest BCUT2D eigenvalue weighted by molar-refractivity contribution is 14.1. The molecule has 4 nitrogen and oxygen atoms in total. The molecule has 0 atom stereocenters. The Bertz CT molecular complexity index is 634. The first kappa shape index (κ1) is 15.8. The van der Waals surface area contributed by atoms with Crippen LogP contribution in [-0.4, -0.2) is 11.6 Å². The summed E-state index contributed by atoms with van der Waals surface area (Å²) >= 11 is 2.07. The Balaban J connectivity index is 2.18. The summed E-state index contributed by atoms with van der Waals surface area (Å²) < 4.78 is 19.5. The SMILES string of the molecule is CC(C)COc1nc(Nc2ccc(F)cc2I)ccc1N. The Morgan fingerprint density at radius 3 is 2.76 bits per heavy atom. The van der Waals surface area contributed by atoms with E-state index in [-0.39, 0.29) is 5.82 Å². The monoisotopic (exact) mass is 401 g/mol. The molecule has 0 aliphatic carbocycles. The van der Waals surface area contributed by atoms with Crippen LogP contribution in [0.3, 0.4) is 0 Å². The first-order chi connectivity index (χ1) is 9.95. The molecule has 0 aliphatic heterocycles. The van der Waals surface area contributed by atoms with Crippen molar-refractivity contribution in [1.29, 1.82) is 0 Å². The molecule has 0 bridgehead atoms. The number of nitrogens with two attached hydrogens (primary N) is 1. The van der Waals surface area contributed by atoms with Gasteiger partial charge in [0, 0.05) is 3.57 Å². The summed E-state index contributed by atoms with van der Waals surface area (Å²) in [5.41, 5.74) is 7.13. The van der Waals surface area contributed by atoms with Crippen molar-refractivity contribution >= 4 is 39.8 Å². The predicted octanol–water partition coefficient (Wildman–Crippen LogP) is 4.19. The van der Waals surface area contributed by atoms with Gasteiger partial charge in [0.1, 0.15) is 11.6 Å². The highest BCUT2D eigenvalue weighted by atomic mass is 127. The van der Waals surface area contributed by atoms with Crippen LogP contribution < -0.4 is 15.8 Å². The largest absolute Gasteiger partial charge is 0.476 e. The number of nitrogens with one attached hydrogen (secondary N) is 1. The van der Waals surface area contributed by atoms with Gasteiger partial charge in [-0.1, -0.05) is 13.8 Å². The van der Waals surface area contributed by atoms with Crippen LogP contribution in [0.2, 0.25) is 0 Å². The molecule has 2 aromatic rings. The third-order valence-corrected chi connectivity index (χ3v) is 3.53. The molecule has 21 heavy (non-hydrogen) atoms. The fourth-order valence-electron chi connectivity index (χ4n) is 1.61. The summed E-state index contributed by atoms with van der Waals surface area (Å²) in [5, 5.41) is 3.13. The lowest BCUT2D eigenvalue weighted by atomic mass is 10.2. The summed E-state index contributed by atoms with van der Waals surface area (Å²) in [7, 11) is 0. The molecule has 0 radical (unpaired) electrons. The Kier molecular flexibility index (Phi) is 5.22. The molecule has 112 valence electrons. The first-order valence-corrected chi connectivity index (χ1v) is 7.65. The molecule has 1 heterocycles. The van der Waals surface area contributed by atoms with Crippen LogP contribution in [0.1, 0.15) is 13.8 Å². The number of hydrogen-bond donors (Lipinski definition) is 2. The van der Waals surface area contributed by atoms with Gasteiger partial charge in [-0.15, -0.1) is 0 Å². The number of hydrogen-bond acceptors (Lipinski definition) is 4. The molecule has 0 fully saturated rings. The molecule has 6 heteroatoms. The smallest absolute Gasteiger partial charge is 0.239 e. The Labute approximate surface area is 137 Å². The number of ether oxygens (including phenoxy) is 1. The Morgan fingerprint density at radius 2 is 2.10 bits per heavy atom. The molecule has 1 aromatic carbocycles. The number of rotatable bonds is 5. The summed E-state index contributed by atoms with van der Waals surface area (Å²) in [5.74, 6) is 1.13. The van der Waals surface area contributed by atoms with Gasteiger partial charge in [-0.25, -0.2) is 4.39 Å². The van der Waals surface area contributed by atoms with Crippen molar-refractivity contribution in [1.82, 2.24) is 4.98 Å². The minimum Gasteiger partial charge on any atom is -0.476 e. The average molecular weight is 401 g/mol. The van der Waals surface area contributed by atoms with Gasteiger partial charge in [0.2, 0.25) is 5.88 Å². The van der Waals surface area contributed by atoms with Crippen molar-refractivity contribution in [3.05, 3.63) is 39.7 Å². The van der Waals surface area contributed by atoms with E-state index in [1.165, 1.54) is 12.1 Å². The lowest BCUT2D eigenvalue weighted by Crippen LogP contribution is -2.08. The van der Waals surface area contributed by atoms with Gasteiger partial charge >= 0.3 is 0 Å². The standard InChI is InChI=1S/C15H17FIN3O/c1-9(2)8-21-15-12(18)4-6-14(20-15)19-13-5-3-10(16)7-11(13)17/h3-7,9H,8,18H2,1-2H3,(H,19,20). The molecule has 3 N–H and O–H groups in total. The third-order valence-electron chi connectivity index (χ3n) is 2.64. The van der Waals surface area contributed by atoms with Crippen molar-refractivity contribution in [2.24, 2.45) is 5.92 Å². The van der Waals surface area contributed by atoms with Gasteiger partial charge in [0.15, 0.2) is 0 Å². The van der Waals surface area contributed by atoms with Crippen LogP contribution in [0, 0.1) is 15.3 Å².